The molecular weight excluding hydrogens is 407 g/mol. The van der Waals surface area contributed by atoms with Crippen LogP contribution in [0.4, 0.5) is 0 Å². The third-order valence-corrected chi connectivity index (χ3v) is 4.69. The summed E-state index contributed by atoms with van der Waals surface area (Å²) in [6.07, 6.45) is 3.27. The van der Waals surface area contributed by atoms with E-state index in [1.165, 1.54) is 0 Å². The van der Waals surface area contributed by atoms with E-state index in [0.29, 0.717) is 32.8 Å². The van der Waals surface area contributed by atoms with Gasteiger partial charge in [0.25, 0.3) is 0 Å². The molecule has 0 saturated carbocycles. The summed E-state index contributed by atoms with van der Waals surface area (Å²) in [5.74, 6) is -0.186. The highest BCUT2D eigenvalue weighted by molar-refractivity contribution is 6.37. The topological polar surface area (TPSA) is 43.6 Å². The second-order valence-electron chi connectivity index (χ2n) is 5.85. The van der Waals surface area contributed by atoms with Gasteiger partial charge in [-0.25, -0.2) is 0 Å². The van der Waals surface area contributed by atoms with E-state index in [9.17, 15) is 4.79 Å². The first-order valence-electron chi connectivity index (χ1n) is 8.00. The van der Waals surface area contributed by atoms with Crippen molar-refractivity contribution in [2.75, 3.05) is 0 Å². The molecule has 0 fully saturated rings. The molecule has 0 aliphatic heterocycles. The van der Waals surface area contributed by atoms with Gasteiger partial charge in [-0.2, -0.15) is 0 Å². The Kier molecular flexibility index (Phi) is 6.22. The maximum atomic E-state index is 12.7. The average Bonchev–Trinajstić information content (AvgIpc) is 3.00. The summed E-state index contributed by atoms with van der Waals surface area (Å²) in [5.41, 5.74) is 2.58. The Morgan fingerprint density at radius 1 is 1.07 bits per heavy atom. The molecule has 0 amide bonds. The summed E-state index contributed by atoms with van der Waals surface area (Å²) in [6, 6.07) is 13.8. The molecule has 0 N–H and O–H groups in total. The lowest BCUT2D eigenvalue weighted by Crippen LogP contribution is -2.00. The van der Waals surface area contributed by atoms with Crippen molar-refractivity contribution in [2.24, 2.45) is 12.2 Å². The molecule has 1 aromatic heterocycles. The first-order valence-corrected chi connectivity index (χ1v) is 9.13. The molecule has 27 heavy (non-hydrogen) atoms. The number of rotatable bonds is 6. The van der Waals surface area contributed by atoms with Gasteiger partial charge in [-0.05, 0) is 42.0 Å². The van der Waals surface area contributed by atoms with E-state index < -0.39 is 0 Å². The van der Waals surface area contributed by atoms with Gasteiger partial charge < -0.3 is 9.40 Å². The van der Waals surface area contributed by atoms with Crippen LogP contribution in [-0.4, -0.2) is 16.6 Å². The molecule has 138 valence electrons. The minimum Gasteiger partial charge on any atom is -0.391 e. The number of benzene rings is 2. The van der Waals surface area contributed by atoms with Gasteiger partial charge in [0.1, 0.15) is 6.61 Å². The fourth-order valence-electron chi connectivity index (χ4n) is 2.45. The summed E-state index contributed by atoms with van der Waals surface area (Å²) in [5, 5.41) is 5.43. The zero-order valence-corrected chi connectivity index (χ0v) is 16.6. The van der Waals surface area contributed by atoms with Gasteiger partial charge in [-0.1, -0.05) is 52.1 Å². The number of aryl methyl sites for hydroxylation is 1. The van der Waals surface area contributed by atoms with E-state index in [0.717, 1.165) is 11.3 Å². The predicted molar refractivity (Wildman–Crippen MR) is 109 cm³/mol. The maximum Gasteiger partial charge on any atom is 0.196 e. The SMILES string of the molecule is Cn1cc(C(=O)c2ccc(Cl)cc2Cl)cc1/C=N/OCc1ccc(Cl)cc1. The summed E-state index contributed by atoms with van der Waals surface area (Å²) in [7, 11) is 1.82. The minimum absolute atomic E-state index is 0.186. The van der Waals surface area contributed by atoms with E-state index >= 15 is 0 Å². The van der Waals surface area contributed by atoms with Crippen LogP contribution in [0.15, 0.2) is 59.9 Å². The molecule has 0 spiro atoms. The summed E-state index contributed by atoms with van der Waals surface area (Å²) >= 11 is 17.9. The summed E-state index contributed by atoms with van der Waals surface area (Å²) in [4.78, 5) is 18.0. The largest absolute Gasteiger partial charge is 0.391 e. The fraction of sp³-hybridized carbons (Fsp3) is 0.100. The molecule has 0 unspecified atom stereocenters. The van der Waals surface area contributed by atoms with Crippen LogP contribution in [0.3, 0.4) is 0 Å². The lowest BCUT2D eigenvalue weighted by Gasteiger charge is -2.02. The molecule has 0 bridgehead atoms. The number of hydrogen-bond donors (Lipinski definition) is 0. The van der Waals surface area contributed by atoms with Gasteiger partial charge >= 0.3 is 0 Å². The maximum absolute atomic E-state index is 12.7. The van der Waals surface area contributed by atoms with Gasteiger partial charge in [-0.15, -0.1) is 0 Å². The van der Waals surface area contributed by atoms with Crippen molar-refractivity contribution in [3.63, 3.8) is 0 Å². The molecule has 0 radical (unpaired) electrons. The van der Waals surface area contributed by atoms with Gasteiger partial charge in [0.05, 0.1) is 16.9 Å². The molecule has 4 nitrogen and oxygen atoms in total. The Balaban J connectivity index is 1.68. The molecule has 1 heterocycles. The molecule has 0 aliphatic carbocycles. The van der Waals surface area contributed by atoms with Crippen LogP contribution in [-0.2, 0) is 18.5 Å². The van der Waals surface area contributed by atoms with E-state index in [2.05, 4.69) is 5.16 Å². The van der Waals surface area contributed by atoms with Crippen molar-refractivity contribution in [2.45, 2.75) is 6.61 Å². The molecule has 0 aliphatic rings. The summed E-state index contributed by atoms with van der Waals surface area (Å²) < 4.78 is 1.78. The monoisotopic (exact) mass is 420 g/mol. The highest BCUT2D eigenvalue weighted by atomic mass is 35.5. The number of aromatic nitrogens is 1. The van der Waals surface area contributed by atoms with Crippen molar-refractivity contribution in [3.8, 4) is 0 Å². The first kappa shape index (κ1) is 19.5. The number of halogens is 3. The van der Waals surface area contributed by atoms with Gasteiger partial charge in [0.2, 0.25) is 0 Å². The van der Waals surface area contributed by atoms with E-state index in [1.54, 1.807) is 53.4 Å². The van der Waals surface area contributed by atoms with Crippen LogP contribution in [0.5, 0.6) is 0 Å². The molecule has 3 rings (SSSR count). The normalized spacial score (nSPS) is 11.1. The van der Waals surface area contributed by atoms with Crippen molar-refractivity contribution in [3.05, 3.63) is 92.2 Å². The molecular formula is C20H15Cl3N2O2. The van der Waals surface area contributed by atoms with Crippen LogP contribution in [0, 0.1) is 0 Å². The van der Waals surface area contributed by atoms with E-state index in [-0.39, 0.29) is 5.78 Å². The predicted octanol–water partition coefficient (Wildman–Crippen LogP) is 5.77. The smallest absolute Gasteiger partial charge is 0.196 e. The van der Waals surface area contributed by atoms with E-state index in [4.69, 9.17) is 39.6 Å². The molecule has 2 aromatic carbocycles. The Hall–Kier alpha value is -2.27. The van der Waals surface area contributed by atoms with Crippen molar-refractivity contribution in [1.82, 2.24) is 4.57 Å². The van der Waals surface area contributed by atoms with Gasteiger partial charge in [0.15, 0.2) is 5.78 Å². The quantitative estimate of drug-likeness (QED) is 0.288. The van der Waals surface area contributed by atoms with Crippen molar-refractivity contribution >= 4 is 46.8 Å². The Labute approximate surface area is 171 Å². The van der Waals surface area contributed by atoms with Crippen LogP contribution in [0.1, 0.15) is 27.2 Å². The fourth-order valence-corrected chi connectivity index (χ4v) is 3.07. The zero-order valence-electron chi connectivity index (χ0n) is 14.3. The standard InChI is InChI=1S/C20H15Cl3N2O2/c1-25-11-14(20(26)18-7-6-16(22)9-19(18)23)8-17(25)10-24-27-12-13-2-4-15(21)5-3-13/h2-11H,12H2,1H3/b24-10+. The Morgan fingerprint density at radius 2 is 1.78 bits per heavy atom. The Bertz CT molecular complexity index is 995. The molecule has 0 saturated heterocycles. The second-order valence-corrected chi connectivity index (χ2v) is 7.13. The number of carbonyl (C=O) groups excluding carboxylic acids is 1. The van der Waals surface area contributed by atoms with Crippen LogP contribution in [0.25, 0.3) is 0 Å². The van der Waals surface area contributed by atoms with Crippen molar-refractivity contribution < 1.29 is 9.63 Å². The molecule has 3 aromatic rings. The lowest BCUT2D eigenvalue weighted by molar-refractivity contribution is 0.103. The number of oxime groups is 1. The molecule has 7 heteroatoms. The second kappa shape index (κ2) is 8.61. The highest BCUT2D eigenvalue weighted by Crippen LogP contribution is 2.24. The van der Waals surface area contributed by atoms with Crippen LogP contribution >= 0.6 is 34.8 Å². The number of hydrogen-bond acceptors (Lipinski definition) is 3. The average molecular weight is 422 g/mol. The van der Waals surface area contributed by atoms with Crippen LogP contribution in [0.2, 0.25) is 15.1 Å². The molecule has 0 atom stereocenters. The number of ketones is 1. The summed E-state index contributed by atoms with van der Waals surface area (Å²) in [6.45, 7) is 0.324. The Morgan fingerprint density at radius 3 is 2.48 bits per heavy atom. The number of nitrogens with zero attached hydrogens (tertiary/aromatic N) is 2. The third-order valence-electron chi connectivity index (χ3n) is 3.89. The van der Waals surface area contributed by atoms with Crippen molar-refractivity contribution in [1.29, 1.82) is 0 Å². The zero-order chi connectivity index (χ0) is 19.4. The van der Waals surface area contributed by atoms with Crippen LogP contribution < -0.4 is 0 Å². The van der Waals surface area contributed by atoms with Gasteiger partial charge in [0, 0.05) is 34.4 Å². The highest BCUT2D eigenvalue weighted by Gasteiger charge is 2.15. The van der Waals surface area contributed by atoms with Gasteiger partial charge in [-0.3, -0.25) is 4.79 Å². The minimum atomic E-state index is -0.186. The third kappa shape index (κ3) is 4.92. The first-order chi connectivity index (χ1) is 12.9. The lowest BCUT2D eigenvalue weighted by atomic mass is 10.1. The number of carbonyl (C=O) groups is 1. The van der Waals surface area contributed by atoms with E-state index in [1.807, 2.05) is 19.2 Å².